The molecule has 66 valence electrons. The largest absolute Gasteiger partial charge is 0.497 e. The second-order valence-corrected chi connectivity index (χ2v) is 2.00. The van der Waals surface area contributed by atoms with Crippen LogP contribution in [-0.4, -0.2) is 18.2 Å². The Morgan fingerprint density at radius 3 is 2.42 bits per heavy atom. The van der Waals surface area contributed by atoms with Crippen LogP contribution in [0.5, 0.6) is 0 Å². The lowest BCUT2D eigenvalue weighted by Crippen LogP contribution is -1.98. The van der Waals surface area contributed by atoms with E-state index in [1.54, 1.807) is 13.0 Å². The van der Waals surface area contributed by atoms with Gasteiger partial charge in [-0.2, -0.15) is 0 Å². The fraction of sp³-hybridized carbons (Fsp3) is 0.222. The topological polar surface area (TPSA) is 46.5 Å². The minimum Gasteiger partial charge on any atom is -0.497 e. The molecule has 0 rings (SSSR count). The molecule has 0 aromatic heterocycles. The Labute approximate surface area is 71.7 Å². The van der Waals surface area contributed by atoms with Gasteiger partial charge in [0, 0.05) is 0 Å². The van der Waals surface area contributed by atoms with Crippen LogP contribution in [0, 0.1) is 0 Å². The third-order valence-electron chi connectivity index (χ3n) is 1.28. The molecule has 0 fully saturated rings. The van der Waals surface area contributed by atoms with Gasteiger partial charge in [0.2, 0.25) is 0 Å². The second-order valence-electron chi connectivity index (χ2n) is 2.00. The number of allylic oxidation sites excluding steroid dienone is 2. The van der Waals surface area contributed by atoms with Crippen LogP contribution in [0.25, 0.3) is 0 Å². The quantitative estimate of drug-likeness (QED) is 0.395. The van der Waals surface area contributed by atoms with Gasteiger partial charge in [-0.3, -0.25) is 0 Å². The second kappa shape index (κ2) is 5.18. The fourth-order valence-corrected chi connectivity index (χ4v) is 0.621. The maximum Gasteiger partial charge on any atom is 0.335 e. The van der Waals surface area contributed by atoms with Gasteiger partial charge in [0.25, 0.3) is 0 Å². The molecule has 0 aliphatic rings. The summed E-state index contributed by atoms with van der Waals surface area (Å²) in [5.74, 6) is -0.506. The summed E-state index contributed by atoms with van der Waals surface area (Å²) < 4.78 is 4.86. The summed E-state index contributed by atoms with van der Waals surface area (Å²) in [7, 11) is 1.48. The number of carboxylic acids is 1. The van der Waals surface area contributed by atoms with Crippen LogP contribution in [0.4, 0.5) is 0 Å². The van der Waals surface area contributed by atoms with Crippen molar-refractivity contribution in [3.05, 3.63) is 36.1 Å². The molecule has 3 nitrogen and oxygen atoms in total. The fourth-order valence-electron chi connectivity index (χ4n) is 0.621. The molecular formula is C9H12O3. The van der Waals surface area contributed by atoms with Gasteiger partial charge in [-0.15, -0.1) is 0 Å². The molecule has 0 saturated carbocycles. The van der Waals surface area contributed by atoms with Gasteiger partial charge in [-0.25, -0.2) is 4.79 Å². The van der Waals surface area contributed by atoms with Crippen molar-refractivity contribution < 1.29 is 14.6 Å². The Balaban J connectivity index is 4.70. The third-order valence-corrected chi connectivity index (χ3v) is 1.28. The van der Waals surface area contributed by atoms with E-state index in [2.05, 4.69) is 6.58 Å². The van der Waals surface area contributed by atoms with Gasteiger partial charge in [-0.05, 0) is 19.1 Å². The predicted molar refractivity (Wildman–Crippen MR) is 46.7 cm³/mol. The first-order chi connectivity index (χ1) is 5.65. The highest BCUT2D eigenvalue weighted by molar-refractivity contribution is 5.90. The molecule has 0 heterocycles. The number of rotatable bonds is 4. The van der Waals surface area contributed by atoms with Gasteiger partial charge in [0.05, 0.1) is 12.7 Å². The Kier molecular flexibility index (Phi) is 4.53. The summed E-state index contributed by atoms with van der Waals surface area (Å²) in [6.07, 6.45) is 4.35. The van der Waals surface area contributed by atoms with Crippen LogP contribution >= 0.6 is 0 Å². The van der Waals surface area contributed by atoms with E-state index in [9.17, 15) is 4.79 Å². The van der Waals surface area contributed by atoms with Crippen molar-refractivity contribution in [3.8, 4) is 0 Å². The van der Waals surface area contributed by atoms with Crippen LogP contribution in [0.3, 0.4) is 0 Å². The molecule has 0 saturated heterocycles. The SMILES string of the molecule is C=C/C(=C\C(=C/C)OC)C(=O)O. The molecular weight excluding hydrogens is 156 g/mol. The maximum atomic E-state index is 10.5. The summed E-state index contributed by atoms with van der Waals surface area (Å²) in [6, 6.07) is 0. The van der Waals surface area contributed by atoms with E-state index in [0.717, 1.165) is 0 Å². The lowest BCUT2D eigenvalue weighted by Gasteiger charge is -1.99. The van der Waals surface area contributed by atoms with Crippen LogP contribution in [0.15, 0.2) is 36.1 Å². The molecule has 12 heavy (non-hydrogen) atoms. The zero-order chi connectivity index (χ0) is 9.56. The highest BCUT2D eigenvalue weighted by Crippen LogP contribution is 2.04. The van der Waals surface area contributed by atoms with Crippen molar-refractivity contribution in [1.82, 2.24) is 0 Å². The number of aliphatic carboxylic acids is 1. The first kappa shape index (κ1) is 10.5. The molecule has 0 radical (unpaired) electrons. The summed E-state index contributed by atoms with van der Waals surface area (Å²) in [6.45, 7) is 5.13. The zero-order valence-electron chi connectivity index (χ0n) is 7.20. The third kappa shape index (κ3) is 3.05. The van der Waals surface area contributed by atoms with E-state index in [1.165, 1.54) is 19.3 Å². The first-order valence-electron chi connectivity index (χ1n) is 3.43. The number of hydrogen-bond donors (Lipinski definition) is 1. The van der Waals surface area contributed by atoms with Crippen molar-refractivity contribution in [3.63, 3.8) is 0 Å². The Bertz CT molecular complexity index is 236. The summed E-state index contributed by atoms with van der Waals surface area (Å²) >= 11 is 0. The monoisotopic (exact) mass is 168 g/mol. The lowest BCUT2D eigenvalue weighted by molar-refractivity contribution is -0.132. The average molecular weight is 168 g/mol. The van der Waals surface area contributed by atoms with Crippen molar-refractivity contribution >= 4 is 5.97 Å². The highest BCUT2D eigenvalue weighted by atomic mass is 16.5. The standard InChI is InChI=1S/C9H12O3/c1-4-7(9(10)11)6-8(5-2)12-3/h4-6H,1H2,2-3H3,(H,10,11)/b7-6+,8-5+. The normalized spacial score (nSPS) is 12.5. The molecule has 0 unspecified atom stereocenters. The Morgan fingerprint density at radius 2 is 2.17 bits per heavy atom. The molecule has 0 aromatic carbocycles. The molecule has 0 bridgehead atoms. The average Bonchev–Trinajstić information content (AvgIpc) is 2.06. The Hall–Kier alpha value is -1.51. The molecule has 3 heteroatoms. The minimum absolute atomic E-state index is 0.116. The molecule has 0 atom stereocenters. The molecule has 0 aliphatic carbocycles. The van der Waals surface area contributed by atoms with Gasteiger partial charge < -0.3 is 9.84 Å². The van der Waals surface area contributed by atoms with Crippen molar-refractivity contribution in [2.24, 2.45) is 0 Å². The molecule has 1 N–H and O–H groups in total. The Morgan fingerprint density at radius 1 is 1.58 bits per heavy atom. The van der Waals surface area contributed by atoms with E-state index in [-0.39, 0.29) is 5.57 Å². The van der Waals surface area contributed by atoms with Gasteiger partial charge in [0.1, 0.15) is 5.76 Å². The van der Waals surface area contributed by atoms with E-state index in [0.29, 0.717) is 5.76 Å². The van der Waals surface area contributed by atoms with Crippen LogP contribution in [-0.2, 0) is 9.53 Å². The van der Waals surface area contributed by atoms with Crippen molar-refractivity contribution in [2.45, 2.75) is 6.92 Å². The molecule has 0 amide bonds. The number of hydrogen-bond acceptors (Lipinski definition) is 2. The number of carbonyl (C=O) groups is 1. The number of methoxy groups -OCH3 is 1. The van der Waals surface area contributed by atoms with Gasteiger partial charge in [0.15, 0.2) is 0 Å². The summed E-state index contributed by atoms with van der Waals surface area (Å²) in [5, 5.41) is 8.59. The molecule has 0 aliphatic heterocycles. The maximum absolute atomic E-state index is 10.5. The minimum atomic E-state index is -1.01. The van der Waals surface area contributed by atoms with Crippen LogP contribution in [0.2, 0.25) is 0 Å². The predicted octanol–water partition coefficient (Wildman–Crippen LogP) is 1.73. The number of carboxylic acid groups (broad SMARTS) is 1. The van der Waals surface area contributed by atoms with Crippen molar-refractivity contribution in [1.29, 1.82) is 0 Å². The number of ether oxygens (including phenoxy) is 1. The molecule has 0 aromatic rings. The van der Waals surface area contributed by atoms with E-state index >= 15 is 0 Å². The van der Waals surface area contributed by atoms with E-state index in [1.807, 2.05) is 0 Å². The molecule has 0 spiro atoms. The lowest BCUT2D eigenvalue weighted by atomic mass is 10.2. The smallest absolute Gasteiger partial charge is 0.335 e. The van der Waals surface area contributed by atoms with E-state index < -0.39 is 5.97 Å². The zero-order valence-corrected chi connectivity index (χ0v) is 7.20. The van der Waals surface area contributed by atoms with E-state index in [4.69, 9.17) is 9.84 Å². The van der Waals surface area contributed by atoms with Gasteiger partial charge >= 0.3 is 5.97 Å². The summed E-state index contributed by atoms with van der Waals surface area (Å²) in [5.41, 5.74) is 0.116. The van der Waals surface area contributed by atoms with Crippen LogP contribution < -0.4 is 0 Å². The van der Waals surface area contributed by atoms with Gasteiger partial charge in [-0.1, -0.05) is 12.7 Å². The van der Waals surface area contributed by atoms with Crippen LogP contribution in [0.1, 0.15) is 6.92 Å². The highest BCUT2D eigenvalue weighted by Gasteiger charge is 2.02. The summed E-state index contributed by atoms with van der Waals surface area (Å²) in [4.78, 5) is 10.5. The first-order valence-corrected chi connectivity index (χ1v) is 3.43. The van der Waals surface area contributed by atoms with Crippen molar-refractivity contribution in [2.75, 3.05) is 7.11 Å².